The van der Waals surface area contributed by atoms with E-state index in [1.165, 1.54) is 0 Å². The van der Waals surface area contributed by atoms with Gasteiger partial charge in [-0.05, 0) is 30.5 Å². The maximum Gasteiger partial charge on any atom is 0.182 e. The Morgan fingerprint density at radius 1 is 1.38 bits per heavy atom. The van der Waals surface area contributed by atoms with Gasteiger partial charge in [0.15, 0.2) is 5.78 Å². The van der Waals surface area contributed by atoms with Crippen LogP contribution in [-0.2, 0) is 4.79 Å². The first kappa shape index (κ1) is 9.58. The zero-order valence-electron chi connectivity index (χ0n) is 9.10. The molecular weight excluding hydrogens is 200 g/mol. The van der Waals surface area contributed by atoms with E-state index in [1.54, 1.807) is 12.4 Å². The summed E-state index contributed by atoms with van der Waals surface area (Å²) < 4.78 is 0. The van der Waals surface area contributed by atoms with Gasteiger partial charge >= 0.3 is 0 Å². The van der Waals surface area contributed by atoms with Gasteiger partial charge in [0.2, 0.25) is 0 Å². The first-order valence-electron chi connectivity index (χ1n) is 5.75. The molecule has 82 valence electrons. The predicted molar refractivity (Wildman–Crippen MR) is 61.5 cm³/mol. The summed E-state index contributed by atoms with van der Waals surface area (Å²) in [6.45, 7) is 2.06. The highest BCUT2D eigenvalue weighted by Gasteiger charge is 2.36. The Balaban J connectivity index is 1.95. The van der Waals surface area contributed by atoms with Gasteiger partial charge in [-0.2, -0.15) is 0 Å². The van der Waals surface area contributed by atoms with Gasteiger partial charge in [0.25, 0.3) is 0 Å². The highest BCUT2D eigenvalue weighted by molar-refractivity contribution is 6.01. The number of aromatic nitrogens is 1. The molecule has 0 saturated carbocycles. The second-order valence-electron chi connectivity index (χ2n) is 4.44. The standard InChI is InChI=1S/C13H14N2O/c16-13-11-3-6-15(7-4-11)12(13)8-10-2-1-5-14-9-10/h1-2,5,8-9,11H,3-4,6-7H2/b12-8+. The zero-order valence-corrected chi connectivity index (χ0v) is 9.10. The Labute approximate surface area is 94.8 Å². The molecule has 0 unspecified atom stereocenters. The fourth-order valence-electron chi connectivity index (χ4n) is 2.53. The lowest BCUT2D eigenvalue weighted by Gasteiger charge is -2.41. The summed E-state index contributed by atoms with van der Waals surface area (Å²) in [5.74, 6) is 0.592. The molecule has 3 fully saturated rings. The van der Waals surface area contributed by atoms with Crippen LogP contribution in [-0.4, -0.2) is 28.8 Å². The van der Waals surface area contributed by atoms with Crippen LogP contribution in [0, 0.1) is 5.92 Å². The molecule has 1 aromatic rings. The van der Waals surface area contributed by atoms with Gasteiger partial charge in [-0.25, -0.2) is 0 Å². The van der Waals surface area contributed by atoms with Crippen LogP contribution in [0.1, 0.15) is 18.4 Å². The van der Waals surface area contributed by atoms with Crippen LogP contribution < -0.4 is 0 Å². The lowest BCUT2D eigenvalue weighted by Crippen LogP contribution is -2.45. The van der Waals surface area contributed by atoms with Crippen molar-refractivity contribution in [3.8, 4) is 0 Å². The number of carbonyl (C=O) groups excluding carboxylic acids is 1. The van der Waals surface area contributed by atoms with E-state index in [1.807, 2.05) is 18.2 Å². The van der Waals surface area contributed by atoms with Crippen molar-refractivity contribution in [1.82, 2.24) is 9.88 Å². The number of Topliss-reactive ketones (excluding diaryl/α,β-unsaturated/α-hetero) is 1. The molecule has 3 aliphatic rings. The third-order valence-corrected chi connectivity index (χ3v) is 3.45. The van der Waals surface area contributed by atoms with Crippen LogP contribution in [0.15, 0.2) is 30.2 Å². The fraction of sp³-hybridized carbons (Fsp3) is 0.385. The molecule has 0 N–H and O–H groups in total. The lowest BCUT2D eigenvalue weighted by atomic mass is 9.84. The van der Waals surface area contributed by atoms with Gasteiger partial charge in [0.1, 0.15) is 0 Å². The number of pyridine rings is 1. The quantitative estimate of drug-likeness (QED) is 0.667. The smallest absolute Gasteiger partial charge is 0.182 e. The molecule has 3 aliphatic heterocycles. The molecule has 0 atom stereocenters. The molecule has 0 spiro atoms. The Morgan fingerprint density at radius 2 is 2.19 bits per heavy atom. The molecule has 3 nitrogen and oxygen atoms in total. The van der Waals surface area contributed by atoms with Crippen LogP contribution in [0.3, 0.4) is 0 Å². The van der Waals surface area contributed by atoms with Crippen LogP contribution in [0.2, 0.25) is 0 Å². The van der Waals surface area contributed by atoms with Crippen LogP contribution >= 0.6 is 0 Å². The van der Waals surface area contributed by atoms with Crippen molar-refractivity contribution in [2.24, 2.45) is 5.92 Å². The molecule has 16 heavy (non-hydrogen) atoms. The maximum absolute atomic E-state index is 12.1. The molecule has 2 bridgehead atoms. The highest BCUT2D eigenvalue weighted by atomic mass is 16.1. The summed E-state index contributed by atoms with van der Waals surface area (Å²) in [4.78, 5) is 18.3. The monoisotopic (exact) mass is 214 g/mol. The molecule has 0 radical (unpaired) electrons. The molecule has 0 amide bonds. The number of nitrogens with zero attached hydrogens (tertiary/aromatic N) is 2. The molecule has 4 heterocycles. The van der Waals surface area contributed by atoms with Crippen molar-refractivity contribution in [3.05, 3.63) is 35.8 Å². The number of allylic oxidation sites excluding steroid dienone is 1. The molecule has 1 aromatic heterocycles. The summed E-state index contributed by atoms with van der Waals surface area (Å²) in [5.41, 5.74) is 1.90. The largest absolute Gasteiger partial charge is 0.369 e. The Kier molecular flexibility index (Phi) is 2.24. The fourth-order valence-corrected chi connectivity index (χ4v) is 2.53. The average molecular weight is 214 g/mol. The number of piperidine rings is 3. The van der Waals surface area contributed by atoms with Gasteiger partial charge in [-0.1, -0.05) is 6.07 Å². The van der Waals surface area contributed by atoms with E-state index in [0.29, 0.717) is 5.78 Å². The van der Waals surface area contributed by atoms with Crippen molar-refractivity contribution in [2.75, 3.05) is 13.1 Å². The number of carbonyl (C=O) groups is 1. The van der Waals surface area contributed by atoms with Crippen molar-refractivity contribution < 1.29 is 4.79 Å². The number of hydrogen-bond acceptors (Lipinski definition) is 3. The van der Waals surface area contributed by atoms with Gasteiger partial charge in [-0.15, -0.1) is 0 Å². The highest BCUT2D eigenvalue weighted by Crippen LogP contribution is 2.32. The number of ketones is 1. The summed E-state index contributed by atoms with van der Waals surface area (Å²) in [5, 5.41) is 0. The first-order valence-corrected chi connectivity index (χ1v) is 5.75. The molecule has 4 rings (SSSR count). The second-order valence-corrected chi connectivity index (χ2v) is 4.44. The van der Waals surface area contributed by atoms with Crippen molar-refractivity contribution in [3.63, 3.8) is 0 Å². The van der Waals surface area contributed by atoms with E-state index in [-0.39, 0.29) is 5.92 Å². The number of hydrogen-bond donors (Lipinski definition) is 0. The van der Waals surface area contributed by atoms with Gasteiger partial charge in [-0.3, -0.25) is 9.78 Å². The molecule has 0 aliphatic carbocycles. The SMILES string of the molecule is O=C1/C(=C\c2cccnc2)N2CCC1CC2. The third-order valence-electron chi connectivity index (χ3n) is 3.45. The van der Waals surface area contributed by atoms with Crippen molar-refractivity contribution in [1.29, 1.82) is 0 Å². The lowest BCUT2D eigenvalue weighted by molar-refractivity contribution is -0.125. The van der Waals surface area contributed by atoms with Gasteiger partial charge in [0, 0.05) is 31.4 Å². The Hall–Kier alpha value is -1.64. The topological polar surface area (TPSA) is 33.2 Å². The third kappa shape index (κ3) is 1.52. The summed E-state index contributed by atoms with van der Waals surface area (Å²) in [6.07, 6.45) is 7.58. The van der Waals surface area contributed by atoms with E-state index >= 15 is 0 Å². The minimum Gasteiger partial charge on any atom is -0.369 e. The number of fused-ring (bicyclic) bond motifs is 3. The maximum atomic E-state index is 12.1. The Morgan fingerprint density at radius 3 is 2.81 bits per heavy atom. The van der Waals surface area contributed by atoms with E-state index < -0.39 is 0 Å². The molecule has 3 heteroatoms. The Bertz CT molecular complexity index is 431. The molecule has 0 aromatic carbocycles. The molecule has 3 saturated heterocycles. The second kappa shape index (κ2) is 3.74. The normalized spacial score (nSPS) is 23.1. The minimum absolute atomic E-state index is 0.271. The summed E-state index contributed by atoms with van der Waals surface area (Å²) in [7, 11) is 0. The van der Waals surface area contributed by atoms with Crippen LogP contribution in [0.5, 0.6) is 0 Å². The predicted octanol–water partition coefficient (Wildman–Crippen LogP) is 1.72. The summed E-state index contributed by atoms with van der Waals surface area (Å²) >= 11 is 0. The van der Waals surface area contributed by atoms with Gasteiger partial charge in [0.05, 0.1) is 5.70 Å². The van der Waals surface area contributed by atoms with E-state index in [0.717, 1.165) is 37.2 Å². The van der Waals surface area contributed by atoms with E-state index in [4.69, 9.17) is 0 Å². The van der Waals surface area contributed by atoms with Crippen LogP contribution in [0.4, 0.5) is 0 Å². The van der Waals surface area contributed by atoms with Gasteiger partial charge < -0.3 is 4.90 Å². The van der Waals surface area contributed by atoms with Crippen molar-refractivity contribution >= 4 is 11.9 Å². The first-order chi connectivity index (χ1) is 7.84. The molecular formula is C13H14N2O. The summed E-state index contributed by atoms with van der Waals surface area (Å²) in [6, 6.07) is 3.88. The minimum atomic E-state index is 0.271. The number of rotatable bonds is 1. The van der Waals surface area contributed by atoms with Crippen LogP contribution in [0.25, 0.3) is 6.08 Å². The van der Waals surface area contributed by atoms with E-state index in [9.17, 15) is 4.79 Å². The zero-order chi connectivity index (χ0) is 11.0. The van der Waals surface area contributed by atoms with E-state index in [2.05, 4.69) is 9.88 Å². The average Bonchev–Trinajstić information content (AvgIpc) is 2.36. The van der Waals surface area contributed by atoms with Crippen molar-refractivity contribution in [2.45, 2.75) is 12.8 Å².